The Labute approximate surface area is 349 Å². The summed E-state index contributed by atoms with van der Waals surface area (Å²) >= 11 is 18.5. The van der Waals surface area contributed by atoms with Gasteiger partial charge in [0.2, 0.25) is 0 Å². The van der Waals surface area contributed by atoms with E-state index in [1.807, 2.05) is 66.7 Å². The van der Waals surface area contributed by atoms with Crippen LogP contribution in [0, 0.1) is 0 Å². The molecule has 2 aliphatic heterocycles. The van der Waals surface area contributed by atoms with Gasteiger partial charge in [-0.05, 0) is 60.6 Å². The molecule has 2 aromatic heterocycles. The maximum absolute atomic E-state index is 13.3. The number of halogens is 4. The molecule has 0 unspecified atom stereocenters. The van der Waals surface area contributed by atoms with Gasteiger partial charge in [0.1, 0.15) is 11.0 Å². The van der Waals surface area contributed by atoms with Gasteiger partial charge in [0.05, 0.1) is 19.6 Å². The van der Waals surface area contributed by atoms with Crippen molar-refractivity contribution in [2.45, 2.75) is 13.8 Å². The molecule has 0 spiro atoms. The number of piperazine rings is 2. The molecule has 2 aliphatic carbocycles. The summed E-state index contributed by atoms with van der Waals surface area (Å²) in [5, 5.41) is 6.53. The quantitative estimate of drug-likeness (QED) is 0.177. The Morgan fingerprint density at radius 3 is 1.63 bits per heavy atom. The topological polar surface area (TPSA) is 81.7 Å². The Balaban J connectivity index is 0.000000144. The van der Waals surface area contributed by atoms with Crippen molar-refractivity contribution in [3.8, 4) is 22.3 Å². The molecule has 0 radical (unpaired) electrons. The van der Waals surface area contributed by atoms with E-state index in [2.05, 4.69) is 38.8 Å². The standard InChI is InChI=1S/C22H20ClN3O.C16H7Cl2NO.C6H14N2.CH3F/c1-2-25-9-11-26(12-10-25)22-20-15-8-7-14(23)13-17(15)21(27)19(20)16-5-3-4-6-18(16)24-22;17-8-5-6-9-11(7-8)15(20)13-10-3-1-2-4-12(10)19-16(18)14(9)13;1-2-8-5-3-7-4-6-8;1-2/h3-8,13H,2,9-12H2,1H3;1-7H;7H,2-6H2,1H3;1H3/i;;;1D. The number of nitrogens with one attached hydrogen (secondary N) is 1. The van der Waals surface area contributed by atoms with Gasteiger partial charge in [-0.3, -0.25) is 14.0 Å². The summed E-state index contributed by atoms with van der Waals surface area (Å²) in [5.41, 5.74) is 7.70. The van der Waals surface area contributed by atoms with Crippen molar-refractivity contribution in [3.05, 3.63) is 122 Å². The van der Waals surface area contributed by atoms with Crippen molar-refractivity contribution in [2.75, 3.05) is 77.5 Å². The molecule has 294 valence electrons. The minimum absolute atomic E-state index is 0.0435. The lowest BCUT2D eigenvalue weighted by Crippen LogP contribution is -2.46. The molecule has 4 heterocycles. The van der Waals surface area contributed by atoms with Crippen LogP contribution in [-0.4, -0.2) is 104 Å². The van der Waals surface area contributed by atoms with Crippen molar-refractivity contribution < 1.29 is 15.4 Å². The van der Waals surface area contributed by atoms with Crippen LogP contribution in [0.3, 0.4) is 0 Å². The molecule has 2 saturated heterocycles. The number of para-hydroxylation sites is 2. The summed E-state index contributed by atoms with van der Waals surface area (Å²) < 4.78 is 15.5. The minimum Gasteiger partial charge on any atom is -0.353 e. The highest BCUT2D eigenvalue weighted by molar-refractivity contribution is 6.39. The van der Waals surface area contributed by atoms with E-state index in [0.717, 1.165) is 82.6 Å². The first kappa shape index (κ1) is 39.4. The average molecular weight is 827 g/mol. The number of hydrogen-bond acceptors (Lipinski definition) is 8. The average Bonchev–Trinajstić information content (AvgIpc) is 3.72. The zero-order valence-corrected chi connectivity index (χ0v) is 34.2. The number of nitrogens with zero attached hydrogens (tertiary/aromatic N) is 5. The largest absolute Gasteiger partial charge is 0.353 e. The summed E-state index contributed by atoms with van der Waals surface area (Å²) in [6.45, 7) is 15.4. The van der Waals surface area contributed by atoms with Crippen molar-refractivity contribution in [3.63, 3.8) is 0 Å². The molecule has 57 heavy (non-hydrogen) atoms. The molecular weight excluding hydrogens is 782 g/mol. The Hall–Kier alpha value is -4.48. The molecule has 4 aliphatic rings. The van der Waals surface area contributed by atoms with Crippen molar-refractivity contribution >= 4 is 74.0 Å². The number of fused-ring (bicyclic) bond motifs is 10. The van der Waals surface area contributed by atoms with Crippen LogP contribution in [0.2, 0.25) is 15.2 Å². The van der Waals surface area contributed by atoms with Gasteiger partial charge in [0.15, 0.2) is 11.6 Å². The highest BCUT2D eigenvalue weighted by atomic mass is 35.5. The number of aromatic nitrogens is 2. The van der Waals surface area contributed by atoms with E-state index >= 15 is 0 Å². The zero-order valence-electron chi connectivity index (χ0n) is 32.9. The number of carbonyl (C=O) groups is 2. The van der Waals surface area contributed by atoms with Gasteiger partial charge in [-0.1, -0.05) is 97.2 Å². The van der Waals surface area contributed by atoms with E-state index in [1.165, 1.54) is 32.7 Å². The summed E-state index contributed by atoms with van der Waals surface area (Å²) in [7, 11) is -1.00. The lowest BCUT2D eigenvalue weighted by Gasteiger charge is -2.35. The van der Waals surface area contributed by atoms with Crippen LogP contribution in [0.15, 0.2) is 84.9 Å². The van der Waals surface area contributed by atoms with E-state index in [1.54, 1.807) is 18.2 Å². The Morgan fingerprint density at radius 1 is 0.632 bits per heavy atom. The SMILES string of the molecule is CCN1CCN(c2nc3ccccc3c3c2-c2ccc(Cl)cc2C3=O)CC1.CCN1CCNCC1.O=C1c2cc(Cl)ccc2-c2c(Cl)nc3ccccc3c21.[2H]CF. The third kappa shape index (κ3) is 8.02. The van der Waals surface area contributed by atoms with E-state index in [0.29, 0.717) is 37.5 Å². The summed E-state index contributed by atoms with van der Waals surface area (Å²) in [6.07, 6.45) is 0. The second kappa shape index (κ2) is 18.0. The summed E-state index contributed by atoms with van der Waals surface area (Å²) in [4.78, 5) is 42.5. The van der Waals surface area contributed by atoms with Crippen LogP contribution in [0.1, 0.15) is 47.1 Å². The molecule has 0 saturated carbocycles. The van der Waals surface area contributed by atoms with Crippen molar-refractivity contribution in [2.24, 2.45) is 0 Å². The minimum atomic E-state index is -1.00. The molecule has 4 aromatic carbocycles. The zero-order chi connectivity index (χ0) is 40.9. The smallest absolute Gasteiger partial charge is 0.195 e. The number of alkyl halides is 1. The molecule has 6 aromatic rings. The lowest BCUT2D eigenvalue weighted by atomic mass is 10.0. The van der Waals surface area contributed by atoms with Crippen molar-refractivity contribution in [1.82, 2.24) is 25.1 Å². The third-order valence-corrected chi connectivity index (χ3v) is 11.7. The number of benzene rings is 4. The predicted molar refractivity (Wildman–Crippen MR) is 233 cm³/mol. The summed E-state index contributed by atoms with van der Waals surface area (Å²) in [6, 6.07) is 26.3. The molecule has 0 amide bonds. The van der Waals surface area contributed by atoms with Gasteiger partial charge in [-0.25, -0.2) is 9.97 Å². The van der Waals surface area contributed by atoms with Gasteiger partial charge in [0.25, 0.3) is 0 Å². The predicted octanol–water partition coefficient (Wildman–Crippen LogP) is 9.49. The molecule has 10 rings (SSSR count). The third-order valence-electron chi connectivity index (χ3n) is 10.9. The van der Waals surface area contributed by atoms with Crippen LogP contribution in [-0.2, 0) is 0 Å². The van der Waals surface area contributed by atoms with Crippen LogP contribution >= 0.6 is 34.8 Å². The second-order valence-electron chi connectivity index (χ2n) is 14.0. The Bertz CT molecular complexity index is 2490. The van der Waals surface area contributed by atoms with Crippen LogP contribution in [0.4, 0.5) is 10.2 Å². The van der Waals surface area contributed by atoms with Crippen LogP contribution < -0.4 is 10.2 Å². The first-order chi connectivity index (χ1) is 28.2. The second-order valence-corrected chi connectivity index (χ2v) is 15.2. The van der Waals surface area contributed by atoms with E-state index in [-0.39, 0.29) is 11.6 Å². The van der Waals surface area contributed by atoms with Crippen LogP contribution in [0.5, 0.6) is 0 Å². The maximum atomic E-state index is 13.3. The molecule has 0 bridgehead atoms. The fraction of sp³-hybridized carbons (Fsp3) is 0.289. The van der Waals surface area contributed by atoms with Gasteiger partial charge in [-0.15, -0.1) is 0 Å². The van der Waals surface area contributed by atoms with E-state index in [4.69, 9.17) is 41.2 Å². The lowest BCUT2D eigenvalue weighted by molar-refractivity contribution is 0.103. The van der Waals surface area contributed by atoms with Gasteiger partial charge in [-0.2, -0.15) is 0 Å². The molecule has 12 heteroatoms. The first-order valence-electron chi connectivity index (χ1n) is 19.8. The number of anilines is 1. The van der Waals surface area contributed by atoms with E-state index < -0.39 is 7.15 Å². The Kier molecular flexibility index (Phi) is 12.4. The highest BCUT2D eigenvalue weighted by Gasteiger charge is 2.35. The highest BCUT2D eigenvalue weighted by Crippen LogP contribution is 2.46. The molecule has 1 N–H and O–H groups in total. The fourth-order valence-corrected chi connectivity index (χ4v) is 8.63. The van der Waals surface area contributed by atoms with Gasteiger partial charge >= 0.3 is 0 Å². The first-order valence-corrected chi connectivity index (χ1v) is 20.3. The molecule has 0 atom stereocenters. The summed E-state index contributed by atoms with van der Waals surface area (Å²) in [5.74, 6) is 0.932. The normalized spacial score (nSPS) is 16.0. The molecule has 2 fully saturated rings. The van der Waals surface area contributed by atoms with E-state index in [9.17, 15) is 14.0 Å². The Morgan fingerprint density at radius 2 is 1.11 bits per heavy atom. The number of likely N-dealkylation sites (N-methyl/N-ethyl adjacent to an activating group) is 2. The van der Waals surface area contributed by atoms with Crippen LogP contribution in [0.25, 0.3) is 44.1 Å². The molecule has 8 nitrogen and oxygen atoms in total. The van der Waals surface area contributed by atoms with Crippen molar-refractivity contribution in [1.29, 1.82) is 0 Å². The monoisotopic (exact) mass is 825 g/mol. The number of rotatable bonds is 3. The number of ketones is 2. The van der Waals surface area contributed by atoms with Gasteiger partial charge < -0.3 is 20.0 Å². The number of carbonyl (C=O) groups excluding carboxylic acids is 2. The van der Waals surface area contributed by atoms with Gasteiger partial charge in [0, 0.05) is 107 Å². The number of pyridine rings is 2. The number of hydrogen-bond donors (Lipinski definition) is 1. The molecular formula is C45H44Cl3FN6O2. The maximum Gasteiger partial charge on any atom is 0.195 e. The fourth-order valence-electron chi connectivity index (χ4n) is 8.00.